The van der Waals surface area contributed by atoms with Gasteiger partial charge in [-0.25, -0.2) is 4.79 Å². The third-order valence-corrected chi connectivity index (χ3v) is 6.75. The molecule has 2 aliphatic rings. The van der Waals surface area contributed by atoms with Gasteiger partial charge in [0, 0.05) is 22.1 Å². The van der Waals surface area contributed by atoms with Gasteiger partial charge < -0.3 is 9.64 Å². The molecule has 1 aliphatic carbocycles. The maximum Gasteiger partial charge on any atom is 0.410 e. The van der Waals surface area contributed by atoms with Gasteiger partial charge in [-0.3, -0.25) is 0 Å². The molecule has 5 heteroatoms. The van der Waals surface area contributed by atoms with Gasteiger partial charge in [-0.05, 0) is 5.56 Å². The maximum absolute atomic E-state index is 11.9. The van der Waals surface area contributed by atoms with Crippen LogP contribution in [-0.4, -0.2) is 33.2 Å². The number of rotatable bonds is 2. The normalized spacial score (nSPS) is 33.1. The number of piperidine rings is 1. The lowest BCUT2D eigenvalue weighted by Crippen LogP contribution is -2.75. The van der Waals surface area contributed by atoms with Crippen LogP contribution in [-0.2, 0) is 11.3 Å². The Balaban J connectivity index is 1.52. The highest BCUT2D eigenvalue weighted by Crippen LogP contribution is 2.50. The highest BCUT2D eigenvalue weighted by molar-refractivity contribution is 9.12. The number of nitrogens with zero attached hydrogens (tertiary/aromatic N) is 1. The molecule has 1 saturated carbocycles. The molecule has 0 unspecified atom stereocenters. The van der Waals surface area contributed by atoms with Crippen molar-refractivity contribution < 1.29 is 9.53 Å². The van der Waals surface area contributed by atoms with Crippen LogP contribution in [0.5, 0.6) is 0 Å². The topological polar surface area (TPSA) is 29.5 Å². The van der Waals surface area contributed by atoms with Crippen LogP contribution < -0.4 is 0 Å². The first-order chi connectivity index (χ1) is 8.68. The predicted molar refractivity (Wildman–Crippen MR) is 76.0 cm³/mol. The van der Waals surface area contributed by atoms with Crippen molar-refractivity contribution in [1.82, 2.24) is 4.90 Å². The van der Waals surface area contributed by atoms with Gasteiger partial charge in [0.2, 0.25) is 0 Å². The molecule has 0 radical (unpaired) electrons. The largest absolute Gasteiger partial charge is 0.445 e. The molecule has 96 valence electrons. The first-order valence-corrected chi connectivity index (χ1v) is 7.77. The van der Waals surface area contributed by atoms with E-state index in [-0.39, 0.29) is 6.09 Å². The molecule has 0 aromatic heterocycles. The molecule has 3 nitrogen and oxygen atoms in total. The van der Waals surface area contributed by atoms with Crippen molar-refractivity contribution in [2.24, 2.45) is 5.92 Å². The number of halogens is 2. The van der Waals surface area contributed by atoms with E-state index in [9.17, 15) is 4.79 Å². The van der Waals surface area contributed by atoms with Crippen molar-refractivity contribution in [2.75, 3.05) is 6.54 Å². The average molecular weight is 375 g/mol. The summed E-state index contributed by atoms with van der Waals surface area (Å²) < 4.78 is 5.32. The van der Waals surface area contributed by atoms with E-state index in [0.717, 1.165) is 12.1 Å². The van der Waals surface area contributed by atoms with Crippen molar-refractivity contribution in [2.45, 2.75) is 22.3 Å². The molecule has 4 atom stereocenters. The number of ether oxygens (including phenoxy) is 1. The summed E-state index contributed by atoms with van der Waals surface area (Å²) in [6.07, 6.45) is -0.205. The van der Waals surface area contributed by atoms with E-state index in [0.29, 0.717) is 28.2 Å². The van der Waals surface area contributed by atoms with Gasteiger partial charge in [0.15, 0.2) is 0 Å². The van der Waals surface area contributed by atoms with Gasteiger partial charge in [-0.15, -0.1) is 0 Å². The molecule has 1 aromatic carbocycles. The van der Waals surface area contributed by atoms with E-state index in [1.165, 1.54) is 0 Å². The average Bonchev–Trinajstić information content (AvgIpc) is 2.36. The van der Waals surface area contributed by atoms with Crippen LogP contribution in [0, 0.1) is 5.92 Å². The van der Waals surface area contributed by atoms with Crippen molar-refractivity contribution >= 4 is 38.0 Å². The van der Waals surface area contributed by atoms with E-state index in [1.54, 1.807) is 0 Å². The molecule has 1 saturated heterocycles. The fraction of sp³-hybridized carbons (Fsp3) is 0.462. The zero-order valence-corrected chi connectivity index (χ0v) is 12.8. The number of benzene rings is 1. The minimum Gasteiger partial charge on any atom is -0.445 e. The summed E-state index contributed by atoms with van der Waals surface area (Å²) >= 11 is 7.20. The van der Waals surface area contributed by atoms with E-state index in [1.807, 2.05) is 35.2 Å². The van der Waals surface area contributed by atoms with E-state index < -0.39 is 0 Å². The van der Waals surface area contributed by atoms with Gasteiger partial charge in [0.05, 0.1) is 6.04 Å². The number of carbonyl (C=O) groups is 1. The fourth-order valence-electron chi connectivity index (χ4n) is 2.52. The quantitative estimate of drug-likeness (QED) is 0.744. The molecule has 1 aromatic rings. The smallest absolute Gasteiger partial charge is 0.410 e. The highest BCUT2D eigenvalue weighted by atomic mass is 79.9. The summed E-state index contributed by atoms with van der Waals surface area (Å²) in [7, 11) is 0. The zero-order valence-electron chi connectivity index (χ0n) is 9.63. The second kappa shape index (κ2) is 4.85. The van der Waals surface area contributed by atoms with Crippen LogP contribution in [0.4, 0.5) is 4.79 Å². The van der Waals surface area contributed by atoms with Crippen LogP contribution in [0.1, 0.15) is 5.56 Å². The maximum atomic E-state index is 11.9. The van der Waals surface area contributed by atoms with E-state index in [2.05, 4.69) is 31.9 Å². The Hall–Kier alpha value is -0.550. The lowest BCUT2D eigenvalue weighted by molar-refractivity contribution is -0.0376. The molecule has 0 N–H and O–H groups in total. The van der Waals surface area contributed by atoms with Crippen molar-refractivity contribution in [3.05, 3.63) is 35.9 Å². The van der Waals surface area contributed by atoms with Crippen LogP contribution in [0.3, 0.4) is 0 Å². The zero-order chi connectivity index (χ0) is 12.7. The molecular weight excluding hydrogens is 362 g/mol. The molecule has 3 rings (SSSR count). The number of alkyl halides is 2. The summed E-state index contributed by atoms with van der Waals surface area (Å²) in [5.41, 5.74) is 1.02. The Bertz CT molecular complexity index is 448. The molecule has 18 heavy (non-hydrogen) atoms. The second-order valence-corrected chi connectivity index (χ2v) is 6.85. The minimum absolute atomic E-state index is 0.205. The lowest BCUT2D eigenvalue weighted by atomic mass is 9.71. The first kappa shape index (κ1) is 12.5. The molecule has 1 heterocycles. The van der Waals surface area contributed by atoms with Crippen LogP contribution in [0.2, 0.25) is 0 Å². The SMILES string of the molecule is O=C(OCc1ccccc1)N1C[C@@H]2[C@H](Br)[C@@H](Br)[C@@H]21. The van der Waals surface area contributed by atoms with Gasteiger partial charge in [0.25, 0.3) is 0 Å². The summed E-state index contributed by atoms with van der Waals surface area (Å²) in [5.74, 6) is 0.582. The number of hydrogen-bond acceptors (Lipinski definition) is 2. The second-order valence-electron chi connectivity index (χ2n) is 4.74. The summed E-state index contributed by atoms with van der Waals surface area (Å²) in [4.78, 5) is 14.6. The summed E-state index contributed by atoms with van der Waals surface area (Å²) in [5, 5.41) is 0. The summed E-state index contributed by atoms with van der Waals surface area (Å²) in [6, 6.07) is 10.1. The molecule has 1 amide bonds. The van der Waals surface area contributed by atoms with Crippen molar-refractivity contribution in [3.63, 3.8) is 0 Å². The highest BCUT2D eigenvalue weighted by Gasteiger charge is 2.60. The number of amides is 1. The Morgan fingerprint density at radius 2 is 2.00 bits per heavy atom. The fourth-order valence-corrected chi connectivity index (χ4v) is 4.39. The van der Waals surface area contributed by atoms with E-state index >= 15 is 0 Å². The number of carbonyl (C=O) groups excluding carboxylic acids is 1. The van der Waals surface area contributed by atoms with Gasteiger partial charge >= 0.3 is 6.09 Å². The monoisotopic (exact) mass is 373 g/mol. The molecule has 0 spiro atoms. The van der Waals surface area contributed by atoms with Crippen molar-refractivity contribution in [1.29, 1.82) is 0 Å². The van der Waals surface area contributed by atoms with E-state index in [4.69, 9.17) is 4.74 Å². The Kier molecular flexibility index (Phi) is 3.36. The van der Waals surface area contributed by atoms with Gasteiger partial charge in [-0.2, -0.15) is 0 Å². The lowest BCUT2D eigenvalue weighted by Gasteiger charge is -2.60. The molecule has 1 aliphatic heterocycles. The van der Waals surface area contributed by atoms with Gasteiger partial charge in [0.1, 0.15) is 6.61 Å². The van der Waals surface area contributed by atoms with Crippen LogP contribution in [0.15, 0.2) is 30.3 Å². The Morgan fingerprint density at radius 1 is 1.28 bits per heavy atom. The van der Waals surface area contributed by atoms with Gasteiger partial charge in [-0.1, -0.05) is 62.2 Å². The third-order valence-electron chi connectivity index (χ3n) is 3.69. The Morgan fingerprint density at radius 3 is 2.67 bits per heavy atom. The molecular formula is C13H13Br2NO2. The third kappa shape index (κ3) is 1.97. The first-order valence-electron chi connectivity index (χ1n) is 5.94. The predicted octanol–water partition coefficient (Wildman–Crippen LogP) is 3.16. The number of likely N-dealkylation sites (tertiary alicyclic amines) is 1. The standard InChI is InChI=1S/C13H13Br2NO2/c14-10-9-6-16(12(9)11(10)15)13(17)18-7-8-4-2-1-3-5-8/h1-5,9-12H,6-7H2/t9-,10+,11-,12-/m1/s1. The minimum atomic E-state index is -0.205. The van der Waals surface area contributed by atoms with Crippen LogP contribution in [0.25, 0.3) is 0 Å². The Labute approximate surface area is 123 Å². The van der Waals surface area contributed by atoms with Crippen LogP contribution >= 0.6 is 31.9 Å². The summed E-state index contributed by atoms with van der Waals surface area (Å²) in [6.45, 7) is 1.15. The molecule has 0 bridgehead atoms. The number of hydrogen-bond donors (Lipinski definition) is 0. The number of fused-ring (bicyclic) bond motifs is 1. The van der Waals surface area contributed by atoms with Crippen molar-refractivity contribution in [3.8, 4) is 0 Å². The molecule has 2 fully saturated rings.